The number of halogens is 3. The average Bonchev–Trinajstić information content (AvgIpc) is 2.13. The molecule has 0 heterocycles. The summed E-state index contributed by atoms with van der Waals surface area (Å²) >= 11 is 0. The van der Waals surface area contributed by atoms with Crippen molar-refractivity contribution in [2.24, 2.45) is 0 Å². The van der Waals surface area contributed by atoms with E-state index in [9.17, 15) is 13.2 Å². The van der Waals surface area contributed by atoms with Gasteiger partial charge in [0, 0.05) is 5.56 Å². The molecule has 1 aliphatic rings. The van der Waals surface area contributed by atoms with Gasteiger partial charge < -0.3 is 0 Å². The van der Waals surface area contributed by atoms with Crippen molar-refractivity contribution in [1.82, 2.24) is 0 Å². The van der Waals surface area contributed by atoms with Gasteiger partial charge in [-0.2, -0.15) is 8.78 Å². The second-order valence-electron chi connectivity index (χ2n) is 2.97. The fourth-order valence-electron chi connectivity index (χ4n) is 1.44. The molecule has 0 spiro atoms. The van der Waals surface area contributed by atoms with Crippen molar-refractivity contribution < 1.29 is 13.2 Å². The van der Waals surface area contributed by atoms with Crippen molar-refractivity contribution in [2.75, 3.05) is 0 Å². The van der Waals surface area contributed by atoms with E-state index in [0.717, 1.165) is 6.08 Å². The van der Waals surface area contributed by atoms with Crippen molar-refractivity contribution in [3.8, 4) is 0 Å². The van der Waals surface area contributed by atoms with E-state index in [4.69, 9.17) is 0 Å². The maximum absolute atomic E-state index is 13.1. The van der Waals surface area contributed by atoms with Crippen molar-refractivity contribution >= 4 is 0 Å². The van der Waals surface area contributed by atoms with Gasteiger partial charge in [-0.25, -0.2) is 4.39 Å². The minimum absolute atomic E-state index is 0.0648. The molecule has 3 heteroatoms. The fourth-order valence-corrected chi connectivity index (χ4v) is 1.44. The quantitative estimate of drug-likeness (QED) is 0.542. The van der Waals surface area contributed by atoms with Crippen LogP contribution in [0.2, 0.25) is 0 Å². The SMILES string of the molecule is FC1C=CC(F)(F)c2ccccc21. The van der Waals surface area contributed by atoms with E-state index in [1.165, 1.54) is 18.2 Å². The van der Waals surface area contributed by atoms with Crippen LogP contribution in [-0.2, 0) is 5.92 Å². The molecule has 0 fully saturated rings. The standard InChI is InChI=1S/C10H7F3/c11-9-5-6-10(12,13)8-4-2-1-3-7(8)9/h1-6,9H. The predicted octanol–water partition coefficient (Wildman–Crippen LogP) is 3.36. The third-order valence-electron chi connectivity index (χ3n) is 2.09. The van der Waals surface area contributed by atoms with Gasteiger partial charge in [-0.05, 0) is 17.7 Å². The Kier molecular flexibility index (Phi) is 1.68. The molecule has 68 valence electrons. The highest BCUT2D eigenvalue weighted by Crippen LogP contribution is 2.40. The number of hydrogen-bond acceptors (Lipinski definition) is 0. The Labute approximate surface area is 73.7 Å². The van der Waals surface area contributed by atoms with Gasteiger partial charge in [-0.15, -0.1) is 0 Å². The van der Waals surface area contributed by atoms with Crippen LogP contribution in [0.25, 0.3) is 0 Å². The predicted molar refractivity (Wildman–Crippen MR) is 43.3 cm³/mol. The maximum Gasteiger partial charge on any atom is 0.292 e. The lowest BCUT2D eigenvalue weighted by Gasteiger charge is -2.21. The Morgan fingerprint density at radius 2 is 1.85 bits per heavy atom. The van der Waals surface area contributed by atoms with Crippen LogP contribution in [0.3, 0.4) is 0 Å². The van der Waals surface area contributed by atoms with Crippen LogP contribution in [-0.4, -0.2) is 0 Å². The van der Waals surface area contributed by atoms with Crippen LogP contribution in [0, 0.1) is 0 Å². The zero-order valence-corrected chi connectivity index (χ0v) is 6.68. The summed E-state index contributed by atoms with van der Waals surface area (Å²) in [6, 6.07) is 5.68. The molecule has 13 heavy (non-hydrogen) atoms. The summed E-state index contributed by atoms with van der Waals surface area (Å²) in [7, 11) is 0. The van der Waals surface area contributed by atoms with Gasteiger partial charge in [-0.3, -0.25) is 0 Å². The van der Waals surface area contributed by atoms with Gasteiger partial charge in [0.1, 0.15) is 6.17 Å². The first kappa shape index (κ1) is 8.35. The zero-order valence-electron chi connectivity index (χ0n) is 6.68. The van der Waals surface area contributed by atoms with E-state index in [1.807, 2.05) is 0 Å². The number of hydrogen-bond donors (Lipinski definition) is 0. The summed E-state index contributed by atoms with van der Waals surface area (Å²) < 4.78 is 39.3. The highest BCUT2D eigenvalue weighted by atomic mass is 19.3. The Morgan fingerprint density at radius 1 is 1.15 bits per heavy atom. The number of alkyl halides is 3. The van der Waals surface area contributed by atoms with Gasteiger partial charge in [0.25, 0.3) is 5.92 Å². The smallest absolute Gasteiger partial charge is 0.238 e. The maximum atomic E-state index is 13.1. The second kappa shape index (κ2) is 2.62. The van der Waals surface area contributed by atoms with Gasteiger partial charge in [0.2, 0.25) is 0 Å². The molecule has 0 bridgehead atoms. The van der Waals surface area contributed by atoms with Crippen LogP contribution >= 0.6 is 0 Å². The van der Waals surface area contributed by atoms with Crippen LogP contribution in [0.15, 0.2) is 36.4 Å². The largest absolute Gasteiger partial charge is 0.292 e. The lowest BCUT2D eigenvalue weighted by atomic mass is 9.93. The number of rotatable bonds is 0. The lowest BCUT2D eigenvalue weighted by molar-refractivity contribution is 0.0457. The van der Waals surface area contributed by atoms with Crippen molar-refractivity contribution in [1.29, 1.82) is 0 Å². The van der Waals surface area contributed by atoms with Gasteiger partial charge in [0.05, 0.1) is 0 Å². The third kappa shape index (κ3) is 1.24. The summed E-state index contributed by atoms with van der Waals surface area (Å²) in [6.45, 7) is 0. The monoisotopic (exact) mass is 184 g/mol. The molecule has 0 saturated heterocycles. The summed E-state index contributed by atoms with van der Waals surface area (Å²) in [5, 5.41) is 0. The average molecular weight is 184 g/mol. The van der Waals surface area contributed by atoms with Crippen LogP contribution in [0.5, 0.6) is 0 Å². The van der Waals surface area contributed by atoms with Crippen molar-refractivity contribution in [3.63, 3.8) is 0 Å². The minimum atomic E-state index is -3.03. The molecule has 0 nitrogen and oxygen atoms in total. The van der Waals surface area contributed by atoms with E-state index in [0.29, 0.717) is 6.08 Å². The van der Waals surface area contributed by atoms with Crippen LogP contribution in [0.4, 0.5) is 13.2 Å². The van der Waals surface area contributed by atoms with Gasteiger partial charge in [0.15, 0.2) is 0 Å². The van der Waals surface area contributed by atoms with Crippen LogP contribution in [0.1, 0.15) is 17.3 Å². The summed E-state index contributed by atoms with van der Waals surface area (Å²) in [4.78, 5) is 0. The molecule has 0 aromatic heterocycles. The first-order chi connectivity index (χ1) is 6.11. The molecule has 0 N–H and O–H groups in total. The summed E-state index contributed by atoms with van der Waals surface area (Å²) in [6.07, 6.45) is 0.0957. The molecule has 1 aromatic rings. The molecule has 0 amide bonds. The number of allylic oxidation sites excluding steroid dienone is 2. The molecule has 0 saturated carbocycles. The Hall–Kier alpha value is -1.25. The van der Waals surface area contributed by atoms with Gasteiger partial charge >= 0.3 is 0 Å². The molecule has 1 aromatic carbocycles. The van der Waals surface area contributed by atoms with E-state index in [1.54, 1.807) is 6.07 Å². The van der Waals surface area contributed by atoms with Crippen LogP contribution < -0.4 is 0 Å². The third-order valence-corrected chi connectivity index (χ3v) is 2.09. The normalized spacial score (nSPS) is 24.1. The first-order valence-electron chi connectivity index (χ1n) is 3.92. The molecular weight excluding hydrogens is 177 g/mol. The summed E-state index contributed by atoms with van der Waals surface area (Å²) in [5.41, 5.74) is -0.167. The summed E-state index contributed by atoms with van der Waals surface area (Å²) in [5.74, 6) is -3.03. The molecule has 0 radical (unpaired) electrons. The highest BCUT2D eigenvalue weighted by molar-refractivity contribution is 5.40. The minimum Gasteiger partial charge on any atom is -0.238 e. The molecule has 2 rings (SSSR count). The van der Waals surface area contributed by atoms with E-state index < -0.39 is 12.1 Å². The highest BCUT2D eigenvalue weighted by Gasteiger charge is 2.35. The van der Waals surface area contributed by atoms with E-state index >= 15 is 0 Å². The fraction of sp³-hybridized carbons (Fsp3) is 0.200. The molecule has 1 unspecified atom stereocenters. The second-order valence-corrected chi connectivity index (χ2v) is 2.97. The van der Waals surface area contributed by atoms with Crippen molar-refractivity contribution in [3.05, 3.63) is 47.5 Å². The molecule has 0 aliphatic heterocycles. The first-order valence-corrected chi connectivity index (χ1v) is 3.92. The van der Waals surface area contributed by atoms with Crippen molar-refractivity contribution in [2.45, 2.75) is 12.1 Å². The number of benzene rings is 1. The van der Waals surface area contributed by atoms with Gasteiger partial charge in [-0.1, -0.05) is 24.3 Å². The number of fused-ring (bicyclic) bond motifs is 1. The zero-order chi connectivity index (χ0) is 9.47. The lowest BCUT2D eigenvalue weighted by Crippen LogP contribution is -2.17. The Balaban J connectivity index is 2.61. The Bertz CT molecular complexity index is 355. The topological polar surface area (TPSA) is 0 Å². The van der Waals surface area contributed by atoms with E-state index in [-0.39, 0.29) is 11.1 Å². The molecule has 1 atom stereocenters. The molecule has 1 aliphatic carbocycles. The Morgan fingerprint density at radius 3 is 2.54 bits per heavy atom. The van der Waals surface area contributed by atoms with E-state index in [2.05, 4.69) is 0 Å². The molecular formula is C10H7F3.